The van der Waals surface area contributed by atoms with E-state index in [0.717, 1.165) is 37.0 Å². The number of amides is 1. The minimum Gasteiger partial charge on any atom is -0.367 e. The summed E-state index contributed by atoms with van der Waals surface area (Å²) in [5.74, 6) is 0.310. The second-order valence-electron chi connectivity index (χ2n) is 7.52. The number of halogens is 1. The molecule has 0 unspecified atom stereocenters. The number of nitrogens with one attached hydrogen (secondary N) is 2. The van der Waals surface area contributed by atoms with Crippen LogP contribution in [0.1, 0.15) is 41.6 Å². The number of aryl methyl sites for hydroxylation is 1. The molecular weight excluding hydrogens is 353 g/mol. The SMILES string of the molecule is Cc1cc(NC2CCC(NC(=O)c3cccc(F)c3)CC2)nc2ccccc12. The van der Waals surface area contributed by atoms with Gasteiger partial charge in [0.2, 0.25) is 0 Å². The maximum Gasteiger partial charge on any atom is 0.251 e. The van der Waals surface area contributed by atoms with Crippen LogP contribution < -0.4 is 10.6 Å². The van der Waals surface area contributed by atoms with Crippen LogP contribution in [0.2, 0.25) is 0 Å². The molecule has 144 valence electrons. The standard InChI is InChI=1S/C23H24FN3O/c1-15-13-22(27-21-8-3-2-7-20(15)21)25-18-9-11-19(12-10-18)26-23(28)16-5-4-6-17(24)14-16/h2-8,13-14,18-19H,9-12H2,1H3,(H,25,27)(H,26,28). The summed E-state index contributed by atoms with van der Waals surface area (Å²) in [5, 5.41) is 7.76. The van der Waals surface area contributed by atoms with Gasteiger partial charge < -0.3 is 10.6 Å². The van der Waals surface area contributed by atoms with Gasteiger partial charge in [-0.2, -0.15) is 0 Å². The molecule has 2 aromatic carbocycles. The third-order valence-electron chi connectivity index (χ3n) is 5.42. The molecule has 0 saturated heterocycles. The molecule has 2 N–H and O–H groups in total. The number of hydrogen-bond donors (Lipinski definition) is 2. The highest BCUT2D eigenvalue weighted by Crippen LogP contribution is 2.25. The molecular formula is C23H24FN3O. The number of carbonyl (C=O) groups excluding carboxylic acids is 1. The zero-order chi connectivity index (χ0) is 19.5. The molecule has 1 aromatic heterocycles. The van der Waals surface area contributed by atoms with Crippen molar-refractivity contribution in [1.82, 2.24) is 10.3 Å². The Morgan fingerprint density at radius 2 is 1.75 bits per heavy atom. The van der Waals surface area contributed by atoms with Crippen LogP contribution in [0, 0.1) is 12.7 Å². The summed E-state index contributed by atoms with van der Waals surface area (Å²) in [6.07, 6.45) is 3.71. The van der Waals surface area contributed by atoms with E-state index in [1.807, 2.05) is 18.2 Å². The molecule has 1 saturated carbocycles. The van der Waals surface area contributed by atoms with Crippen molar-refractivity contribution in [3.05, 3.63) is 71.5 Å². The number of aromatic nitrogens is 1. The van der Waals surface area contributed by atoms with Gasteiger partial charge in [-0.1, -0.05) is 24.3 Å². The first-order chi connectivity index (χ1) is 13.6. The van der Waals surface area contributed by atoms with Gasteiger partial charge in [0.25, 0.3) is 5.91 Å². The van der Waals surface area contributed by atoms with Crippen molar-refractivity contribution in [2.24, 2.45) is 0 Å². The molecule has 1 aliphatic carbocycles. The minimum absolute atomic E-state index is 0.125. The predicted molar refractivity (Wildman–Crippen MR) is 110 cm³/mol. The van der Waals surface area contributed by atoms with Crippen molar-refractivity contribution in [3.63, 3.8) is 0 Å². The molecule has 1 aliphatic rings. The maximum absolute atomic E-state index is 13.3. The maximum atomic E-state index is 13.3. The van der Waals surface area contributed by atoms with Crippen LogP contribution in [0.5, 0.6) is 0 Å². The highest BCUT2D eigenvalue weighted by Gasteiger charge is 2.23. The summed E-state index contributed by atoms with van der Waals surface area (Å²) in [6, 6.07) is 16.5. The highest BCUT2D eigenvalue weighted by molar-refractivity contribution is 5.94. The number of fused-ring (bicyclic) bond motifs is 1. The molecule has 1 amide bonds. The Hall–Kier alpha value is -2.95. The molecule has 0 radical (unpaired) electrons. The molecule has 28 heavy (non-hydrogen) atoms. The first-order valence-corrected chi connectivity index (χ1v) is 9.78. The number of pyridine rings is 1. The van der Waals surface area contributed by atoms with E-state index in [-0.39, 0.29) is 11.9 Å². The number of rotatable bonds is 4. The first kappa shape index (κ1) is 18.4. The number of hydrogen-bond acceptors (Lipinski definition) is 3. The van der Waals surface area contributed by atoms with Crippen LogP contribution in [-0.2, 0) is 0 Å². The van der Waals surface area contributed by atoms with Crippen LogP contribution in [0.4, 0.5) is 10.2 Å². The van der Waals surface area contributed by atoms with Gasteiger partial charge in [-0.25, -0.2) is 9.37 Å². The topological polar surface area (TPSA) is 54.0 Å². The summed E-state index contributed by atoms with van der Waals surface area (Å²) in [6.45, 7) is 2.11. The van der Waals surface area contributed by atoms with E-state index in [1.54, 1.807) is 12.1 Å². The zero-order valence-electron chi connectivity index (χ0n) is 15.9. The summed E-state index contributed by atoms with van der Waals surface area (Å²) < 4.78 is 13.3. The fraction of sp³-hybridized carbons (Fsp3) is 0.304. The monoisotopic (exact) mass is 377 g/mol. The second-order valence-corrected chi connectivity index (χ2v) is 7.52. The average Bonchev–Trinajstić information content (AvgIpc) is 2.69. The third kappa shape index (κ3) is 4.14. The lowest BCUT2D eigenvalue weighted by atomic mass is 9.91. The van der Waals surface area contributed by atoms with Crippen molar-refractivity contribution in [2.75, 3.05) is 5.32 Å². The van der Waals surface area contributed by atoms with Gasteiger partial charge in [0.15, 0.2) is 0 Å². The Balaban J connectivity index is 1.34. The van der Waals surface area contributed by atoms with E-state index in [1.165, 1.54) is 23.1 Å². The van der Waals surface area contributed by atoms with Gasteiger partial charge in [-0.15, -0.1) is 0 Å². The Morgan fingerprint density at radius 1 is 1.00 bits per heavy atom. The summed E-state index contributed by atoms with van der Waals surface area (Å²) in [4.78, 5) is 17.0. The average molecular weight is 377 g/mol. The van der Waals surface area contributed by atoms with Crippen LogP contribution in [0.15, 0.2) is 54.6 Å². The zero-order valence-corrected chi connectivity index (χ0v) is 15.9. The Kier molecular flexibility index (Phi) is 5.24. The number of benzene rings is 2. The van der Waals surface area contributed by atoms with Crippen molar-refractivity contribution in [2.45, 2.75) is 44.7 Å². The largest absolute Gasteiger partial charge is 0.367 e. The lowest BCUT2D eigenvalue weighted by Crippen LogP contribution is -2.40. The fourth-order valence-corrected chi connectivity index (χ4v) is 3.91. The smallest absolute Gasteiger partial charge is 0.251 e. The van der Waals surface area contributed by atoms with Gasteiger partial charge in [-0.3, -0.25) is 4.79 Å². The minimum atomic E-state index is -0.390. The third-order valence-corrected chi connectivity index (χ3v) is 5.42. The number of anilines is 1. The molecule has 0 spiro atoms. The Morgan fingerprint density at radius 3 is 2.54 bits per heavy atom. The fourth-order valence-electron chi connectivity index (χ4n) is 3.91. The van der Waals surface area contributed by atoms with Gasteiger partial charge in [0.05, 0.1) is 5.52 Å². The van der Waals surface area contributed by atoms with E-state index >= 15 is 0 Å². The van der Waals surface area contributed by atoms with Crippen LogP contribution >= 0.6 is 0 Å². The van der Waals surface area contributed by atoms with E-state index in [4.69, 9.17) is 4.98 Å². The van der Waals surface area contributed by atoms with Gasteiger partial charge >= 0.3 is 0 Å². The van der Waals surface area contributed by atoms with Gasteiger partial charge in [-0.05, 0) is 68.5 Å². The Bertz CT molecular complexity index is 996. The van der Waals surface area contributed by atoms with Crippen molar-refractivity contribution in [1.29, 1.82) is 0 Å². The lowest BCUT2D eigenvalue weighted by molar-refractivity contribution is 0.0926. The van der Waals surface area contributed by atoms with Crippen molar-refractivity contribution < 1.29 is 9.18 Å². The number of para-hydroxylation sites is 1. The van der Waals surface area contributed by atoms with Gasteiger partial charge in [0, 0.05) is 23.0 Å². The van der Waals surface area contributed by atoms with Gasteiger partial charge in [0.1, 0.15) is 11.6 Å². The molecule has 0 aliphatic heterocycles. The highest BCUT2D eigenvalue weighted by atomic mass is 19.1. The molecule has 4 nitrogen and oxygen atoms in total. The van der Waals surface area contributed by atoms with Crippen LogP contribution in [0.25, 0.3) is 10.9 Å². The number of carbonyl (C=O) groups is 1. The van der Waals surface area contributed by atoms with E-state index in [2.05, 4.69) is 29.7 Å². The summed E-state index contributed by atoms with van der Waals surface area (Å²) >= 11 is 0. The first-order valence-electron chi connectivity index (χ1n) is 9.78. The lowest BCUT2D eigenvalue weighted by Gasteiger charge is -2.30. The molecule has 1 heterocycles. The molecule has 3 aromatic rings. The van der Waals surface area contributed by atoms with Crippen LogP contribution in [0.3, 0.4) is 0 Å². The summed E-state index contributed by atoms with van der Waals surface area (Å²) in [7, 11) is 0. The Labute approximate surface area is 164 Å². The molecule has 0 bridgehead atoms. The summed E-state index contributed by atoms with van der Waals surface area (Å²) in [5.41, 5.74) is 2.58. The molecule has 5 heteroatoms. The van der Waals surface area contributed by atoms with E-state index in [0.29, 0.717) is 11.6 Å². The second kappa shape index (κ2) is 7.97. The molecule has 1 fully saturated rings. The van der Waals surface area contributed by atoms with E-state index < -0.39 is 5.82 Å². The molecule has 4 rings (SSSR count). The van der Waals surface area contributed by atoms with Crippen molar-refractivity contribution >= 4 is 22.6 Å². The molecule has 0 atom stereocenters. The van der Waals surface area contributed by atoms with E-state index in [9.17, 15) is 9.18 Å². The number of nitrogens with zero attached hydrogens (tertiary/aromatic N) is 1. The quantitative estimate of drug-likeness (QED) is 0.684. The van der Waals surface area contributed by atoms with Crippen LogP contribution in [-0.4, -0.2) is 23.0 Å². The normalized spacial score (nSPS) is 19.4. The van der Waals surface area contributed by atoms with Crippen molar-refractivity contribution in [3.8, 4) is 0 Å². The predicted octanol–water partition coefficient (Wildman–Crippen LogP) is 4.84.